The van der Waals surface area contributed by atoms with Crippen LogP contribution in [0.25, 0.3) is 0 Å². The molecule has 40 valence electrons. The van der Waals surface area contributed by atoms with Crippen LogP contribution in [0.3, 0.4) is 0 Å². The molecule has 0 amide bonds. The Morgan fingerprint density at radius 1 is 1.86 bits per heavy atom. The highest BCUT2D eigenvalue weighted by Gasteiger charge is 1.76. The predicted octanol–water partition coefficient (Wildman–Crippen LogP) is 0.0903. The van der Waals surface area contributed by atoms with Crippen molar-refractivity contribution >= 4 is 6.29 Å². The third-order valence-corrected chi connectivity index (χ3v) is 0.675. The summed E-state index contributed by atoms with van der Waals surface area (Å²) in [6.45, 7) is 2.28. The quantitative estimate of drug-likeness (QED) is 0.394. The van der Waals surface area contributed by atoms with Crippen molar-refractivity contribution in [3.63, 3.8) is 0 Å². The van der Waals surface area contributed by atoms with E-state index in [0.717, 1.165) is 11.9 Å². The van der Waals surface area contributed by atoms with Gasteiger partial charge in [0.15, 0.2) is 0 Å². The van der Waals surface area contributed by atoms with Gasteiger partial charge in [0.25, 0.3) is 0 Å². The van der Waals surface area contributed by atoms with Crippen molar-refractivity contribution in [2.45, 2.75) is 6.92 Å². The fraction of sp³-hybridized carbons (Fsp3) is 0.400. The van der Waals surface area contributed by atoms with E-state index in [2.05, 4.69) is 0 Å². The minimum atomic E-state index is 0.471. The van der Waals surface area contributed by atoms with Crippen LogP contribution < -0.4 is 5.73 Å². The molecule has 7 heavy (non-hydrogen) atoms. The van der Waals surface area contributed by atoms with Crippen LogP contribution in [0.1, 0.15) is 6.92 Å². The molecule has 2 nitrogen and oxygen atoms in total. The van der Waals surface area contributed by atoms with Gasteiger partial charge in [-0.15, -0.1) is 0 Å². The average molecular weight is 99.1 g/mol. The summed E-state index contributed by atoms with van der Waals surface area (Å²) in [4.78, 5) is 9.64. The average Bonchev–Trinajstić information content (AvgIpc) is 1.68. The lowest BCUT2D eigenvalue weighted by molar-refractivity contribution is -0.104. The minimum Gasteiger partial charge on any atom is -0.327 e. The molecule has 0 atom stereocenters. The Labute approximate surface area is 43.0 Å². The second kappa shape index (κ2) is 3.56. The summed E-state index contributed by atoms with van der Waals surface area (Å²) in [5, 5.41) is 0. The van der Waals surface area contributed by atoms with E-state index in [4.69, 9.17) is 5.73 Å². The minimum absolute atomic E-state index is 0.471. The van der Waals surface area contributed by atoms with Gasteiger partial charge in [-0.2, -0.15) is 0 Å². The number of hydrogen-bond acceptors (Lipinski definition) is 2. The van der Waals surface area contributed by atoms with E-state index in [1.807, 2.05) is 6.92 Å². The molecule has 0 bridgehead atoms. The van der Waals surface area contributed by atoms with Gasteiger partial charge in [-0.05, 0) is 13.0 Å². The highest BCUT2D eigenvalue weighted by atomic mass is 16.1. The molecule has 2 heteroatoms. The van der Waals surface area contributed by atoms with E-state index in [1.165, 1.54) is 6.08 Å². The van der Waals surface area contributed by atoms with Crippen molar-refractivity contribution in [3.8, 4) is 0 Å². The molecule has 0 aromatic heterocycles. The summed E-state index contributed by atoms with van der Waals surface area (Å²) in [6, 6.07) is 0. The zero-order valence-corrected chi connectivity index (χ0v) is 4.35. The van der Waals surface area contributed by atoms with Gasteiger partial charge in [0.05, 0.1) is 0 Å². The number of carbonyl (C=O) groups excluding carboxylic acids is 1. The zero-order valence-electron chi connectivity index (χ0n) is 4.35. The molecular weight excluding hydrogens is 90.1 g/mol. The van der Waals surface area contributed by atoms with Crippen LogP contribution in [-0.4, -0.2) is 12.8 Å². The Morgan fingerprint density at radius 3 is 2.57 bits per heavy atom. The van der Waals surface area contributed by atoms with E-state index in [9.17, 15) is 4.79 Å². The number of carbonyl (C=O) groups is 1. The van der Waals surface area contributed by atoms with Crippen LogP contribution in [0.15, 0.2) is 11.6 Å². The fourth-order valence-electron chi connectivity index (χ4n) is 0.184. The molecule has 0 saturated carbocycles. The molecule has 0 aliphatic rings. The van der Waals surface area contributed by atoms with Gasteiger partial charge in [-0.1, -0.05) is 5.57 Å². The van der Waals surface area contributed by atoms with Crippen LogP contribution >= 0.6 is 0 Å². The molecule has 0 spiro atoms. The number of hydrogen-bond donors (Lipinski definition) is 1. The van der Waals surface area contributed by atoms with E-state index in [0.29, 0.717) is 6.54 Å². The van der Waals surface area contributed by atoms with E-state index < -0.39 is 0 Å². The maximum absolute atomic E-state index is 9.64. The Bertz CT molecular complexity index is 86.1. The van der Waals surface area contributed by atoms with Crippen LogP contribution in [-0.2, 0) is 4.79 Å². The van der Waals surface area contributed by atoms with Gasteiger partial charge in [-0.25, -0.2) is 0 Å². The largest absolute Gasteiger partial charge is 0.327 e. The summed E-state index contributed by atoms with van der Waals surface area (Å²) < 4.78 is 0. The van der Waals surface area contributed by atoms with Crippen molar-refractivity contribution < 1.29 is 4.79 Å². The number of rotatable bonds is 2. The van der Waals surface area contributed by atoms with Gasteiger partial charge in [0.1, 0.15) is 6.29 Å². The van der Waals surface area contributed by atoms with E-state index in [1.54, 1.807) is 0 Å². The van der Waals surface area contributed by atoms with Gasteiger partial charge < -0.3 is 5.73 Å². The number of aldehydes is 1. The van der Waals surface area contributed by atoms with Crippen LogP contribution in [0.5, 0.6) is 0 Å². The van der Waals surface area contributed by atoms with Gasteiger partial charge >= 0.3 is 0 Å². The molecule has 0 rings (SSSR count). The second-order valence-electron chi connectivity index (χ2n) is 1.35. The lowest BCUT2D eigenvalue weighted by atomic mass is 10.3. The van der Waals surface area contributed by atoms with Gasteiger partial charge in [0, 0.05) is 6.54 Å². The Balaban J connectivity index is 3.49. The first-order valence-electron chi connectivity index (χ1n) is 2.12. The van der Waals surface area contributed by atoms with Crippen LogP contribution in [0.2, 0.25) is 0 Å². The monoisotopic (exact) mass is 99.1 g/mol. The SMILES string of the molecule is CC(=CC=O)CN. The molecule has 0 aromatic carbocycles. The first-order valence-corrected chi connectivity index (χ1v) is 2.12. The Morgan fingerprint density at radius 2 is 2.43 bits per heavy atom. The smallest absolute Gasteiger partial charge is 0.142 e. The van der Waals surface area contributed by atoms with Crippen molar-refractivity contribution in [2.75, 3.05) is 6.54 Å². The molecule has 0 unspecified atom stereocenters. The molecule has 0 radical (unpaired) electrons. The zero-order chi connectivity index (χ0) is 5.70. The summed E-state index contributed by atoms with van der Waals surface area (Å²) in [5.41, 5.74) is 6.04. The molecule has 0 aliphatic heterocycles. The van der Waals surface area contributed by atoms with E-state index in [-0.39, 0.29) is 0 Å². The second-order valence-corrected chi connectivity index (χ2v) is 1.35. The number of nitrogens with two attached hydrogens (primary N) is 1. The Hall–Kier alpha value is -0.630. The fourth-order valence-corrected chi connectivity index (χ4v) is 0.184. The number of allylic oxidation sites excluding steroid dienone is 1. The summed E-state index contributed by atoms with van der Waals surface area (Å²) in [7, 11) is 0. The summed E-state index contributed by atoms with van der Waals surface area (Å²) in [6.07, 6.45) is 2.20. The van der Waals surface area contributed by atoms with Crippen LogP contribution in [0, 0.1) is 0 Å². The van der Waals surface area contributed by atoms with Crippen molar-refractivity contribution in [1.29, 1.82) is 0 Å². The summed E-state index contributed by atoms with van der Waals surface area (Å²) in [5.74, 6) is 0. The molecule has 0 saturated heterocycles. The maximum atomic E-state index is 9.64. The highest BCUT2D eigenvalue weighted by molar-refractivity contribution is 5.65. The maximum Gasteiger partial charge on any atom is 0.142 e. The third-order valence-electron chi connectivity index (χ3n) is 0.675. The molecule has 0 fully saturated rings. The van der Waals surface area contributed by atoms with Gasteiger partial charge in [0.2, 0.25) is 0 Å². The van der Waals surface area contributed by atoms with Crippen molar-refractivity contribution in [2.24, 2.45) is 5.73 Å². The van der Waals surface area contributed by atoms with Crippen molar-refractivity contribution in [1.82, 2.24) is 0 Å². The molecule has 0 aromatic rings. The summed E-state index contributed by atoms with van der Waals surface area (Å²) >= 11 is 0. The standard InChI is InChI=1S/C5H9NO/c1-5(4-6)2-3-7/h2-3H,4,6H2,1H3. The highest BCUT2D eigenvalue weighted by Crippen LogP contribution is 1.81. The third kappa shape index (κ3) is 3.19. The Kier molecular flexibility index (Phi) is 3.24. The molecule has 0 heterocycles. The first-order chi connectivity index (χ1) is 3.31. The molecular formula is C5H9NO. The van der Waals surface area contributed by atoms with Gasteiger partial charge in [-0.3, -0.25) is 4.79 Å². The lowest BCUT2D eigenvalue weighted by Crippen LogP contribution is -1.99. The van der Waals surface area contributed by atoms with E-state index >= 15 is 0 Å². The van der Waals surface area contributed by atoms with Crippen LogP contribution in [0.4, 0.5) is 0 Å². The van der Waals surface area contributed by atoms with Crippen molar-refractivity contribution in [3.05, 3.63) is 11.6 Å². The molecule has 0 aliphatic carbocycles. The topological polar surface area (TPSA) is 43.1 Å². The normalized spacial score (nSPS) is 11.4. The lowest BCUT2D eigenvalue weighted by Gasteiger charge is -1.85. The predicted molar refractivity (Wildman–Crippen MR) is 28.9 cm³/mol. The first kappa shape index (κ1) is 6.37. The molecule has 2 N–H and O–H groups in total.